The standard InChI is InChI=1S/C11H16N2O3S/c1-16-8-4-6-12-10(14)9-17-11-5-2-3-7-13(11)15/h2-3,5,7H,4,6,8-9H2,1H3,(H,12,14). The number of thioether (sulfide) groups is 1. The van der Waals surface area contributed by atoms with E-state index >= 15 is 0 Å². The van der Waals surface area contributed by atoms with Crippen molar-refractivity contribution in [3.05, 3.63) is 29.6 Å². The second-order valence-corrected chi connectivity index (χ2v) is 4.35. The number of hydrogen-bond donors (Lipinski definition) is 1. The van der Waals surface area contributed by atoms with E-state index in [0.717, 1.165) is 11.2 Å². The first-order valence-corrected chi connectivity index (χ1v) is 6.29. The second kappa shape index (κ2) is 7.92. The topological polar surface area (TPSA) is 65.3 Å². The van der Waals surface area contributed by atoms with Crippen molar-refractivity contribution >= 4 is 17.7 Å². The molecular weight excluding hydrogens is 240 g/mol. The Labute approximate surface area is 105 Å². The van der Waals surface area contributed by atoms with Gasteiger partial charge in [0.05, 0.1) is 5.75 Å². The minimum atomic E-state index is -0.0741. The van der Waals surface area contributed by atoms with Crippen LogP contribution in [0.25, 0.3) is 0 Å². The molecule has 0 fully saturated rings. The molecule has 17 heavy (non-hydrogen) atoms. The molecule has 0 aliphatic carbocycles. The molecule has 5 nitrogen and oxygen atoms in total. The molecule has 94 valence electrons. The molecule has 6 heteroatoms. The maximum Gasteiger partial charge on any atom is 0.251 e. The van der Waals surface area contributed by atoms with Crippen molar-refractivity contribution in [2.75, 3.05) is 26.0 Å². The number of pyridine rings is 1. The summed E-state index contributed by atoms with van der Waals surface area (Å²) in [4.78, 5) is 11.4. The summed E-state index contributed by atoms with van der Waals surface area (Å²) in [5.41, 5.74) is 0. The largest absolute Gasteiger partial charge is 0.618 e. The molecule has 0 spiro atoms. The van der Waals surface area contributed by atoms with Gasteiger partial charge in [-0.2, -0.15) is 4.73 Å². The third kappa shape index (κ3) is 5.55. The van der Waals surface area contributed by atoms with E-state index in [4.69, 9.17) is 4.74 Å². The summed E-state index contributed by atoms with van der Waals surface area (Å²) >= 11 is 1.23. The fraction of sp³-hybridized carbons (Fsp3) is 0.455. The summed E-state index contributed by atoms with van der Waals surface area (Å²) in [7, 11) is 1.63. The SMILES string of the molecule is COCCCNC(=O)CSc1cccc[n+]1[O-]. The van der Waals surface area contributed by atoms with Crippen LogP contribution in [0.15, 0.2) is 29.4 Å². The number of methoxy groups -OCH3 is 1. The second-order valence-electron chi connectivity index (χ2n) is 3.35. The molecule has 1 aromatic rings. The van der Waals surface area contributed by atoms with Crippen LogP contribution in [0.3, 0.4) is 0 Å². The highest BCUT2D eigenvalue weighted by Crippen LogP contribution is 2.11. The zero-order valence-corrected chi connectivity index (χ0v) is 10.5. The fourth-order valence-electron chi connectivity index (χ4n) is 1.16. The number of carbonyl (C=O) groups excluding carboxylic acids is 1. The van der Waals surface area contributed by atoms with Gasteiger partial charge in [0.25, 0.3) is 5.03 Å². The van der Waals surface area contributed by atoms with Crippen LogP contribution >= 0.6 is 11.8 Å². The van der Waals surface area contributed by atoms with Crippen LogP contribution in [0.2, 0.25) is 0 Å². The molecule has 0 radical (unpaired) electrons. The first-order chi connectivity index (χ1) is 8.24. The third-order valence-electron chi connectivity index (χ3n) is 1.99. The van der Waals surface area contributed by atoms with Gasteiger partial charge in [-0.25, -0.2) is 0 Å². The van der Waals surface area contributed by atoms with Crippen LogP contribution in [0.5, 0.6) is 0 Å². The lowest BCUT2D eigenvalue weighted by atomic mass is 10.4. The first-order valence-electron chi connectivity index (χ1n) is 5.30. The highest BCUT2D eigenvalue weighted by atomic mass is 32.2. The Balaban J connectivity index is 2.22. The van der Waals surface area contributed by atoms with Crippen molar-refractivity contribution < 1.29 is 14.3 Å². The van der Waals surface area contributed by atoms with E-state index < -0.39 is 0 Å². The van der Waals surface area contributed by atoms with Crippen LogP contribution in [0.1, 0.15) is 6.42 Å². The predicted octanol–water partition coefficient (Wildman–Crippen LogP) is 0.565. The molecular formula is C11H16N2O3S. The van der Waals surface area contributed by atoms with Gasteiger partial charge in [0.15, 0.2) is 6.20 Å². The molecule has 0 bridgehead atoms. The molecule has 0 atom stereocenters. The summed E-state index contributed by atoms with van der Waals surface area (Å²) in [6.07, 6.45) is 2.21. The predicted molar refractivity (Wildman–Crippen MR) is 65.6 cm³/mol. The van der Waals surface area contributed by atoms with Crippen molar-refractivity contribution in [1.82, 2.24) is 5.32 Å². The molecule has 0 aliphatic heterocycles. The molecule has 1 amide bonds. The molecule has 1 N–H and O–H groups in total. The van der Waals surface area contributed by atoms with E-state index in [1.165, 1.54) is 18.0 Å². The molecule has 0 aromatic carbocycles. The van der Waals surface area contributed by atoms with Gasteiger partial charge in [0.1, 0.15) is 0 Å². The zero-order chi connectivity index (χ0) is 12.5. The van der Waals surface area contributed by atoms with Gasteiger partial charge < -0.3 is 15.3 Å². The van der Waals surface area contributed by atoms with Gasteiger partial charge in [-0.15, -0.1) is 0 Å². The maximum absolute atomic E-state index is 11.4. The van der Waals surface area contributed by atoms with E-state index in [1.54, 1.807) is 25.3 Å². The lowest BCUT2D eigenvalue weighted by molar-refractivity contribution is -0.645. The Morgan fingerprint density at radius 2 is 2.41 bits per heavy atom. The molecule has 0 aliphatic rings. The molecule has 0 saturated heterocycles. The number of rotatable bonds is 7. The lowest BCUT2D eigenvalue weighted by Crippen LogP contribution is -2.30. The van der Waals surface area contributed by atoms with Crippen molar-refractivity contribution in [3.63, 3.8) is 0 Å². The average molecular weight is 256 g/mol. The summed E-state index contributed by atoms with van der Waals surface area (Å²) in [5.74, 6) is 0.175. The van der Waals surface area contributed by atoms with Crippen molar-refractivity contribution in [2.45, 2.75) is 11.4 Å². The highest BCUT2D eigenvalue weighted by molar-refractivity contribution is 7.99. The number of nitrogens with zero attached hydrogens (tertiary/aromatic N) is 1. The number of hydrogen-bond acceptors (Lipinski definition) is 4. The van der Waals surface area contributed by atoms with Crippen LogP contribution in [-0.2, 0) is 9.53 Å². The summed E-state index contributed by atoms with van der Waals surface area (Å²) in [5, 5.41) is 14.6. The molecule has 1 rings (SSSR count). The lowest BCUT2D eigenvalue weighted by Gasteiger charge is -2.05. The van der Waals surface area contributed by atoms with Crippen LogP contribution in [0.4, 0.5) is 0 Å². The van der Waals surface area contributed by atoms with E-state index in [2.05, 4.69) is 5.32 Å². The summed E-state index contributed by atoms with van der Waals surface area (Å²) < 4.78 is 5.62. The number of amides is 1. The monoisotopic (exact) mass is 256 g/mol. The van der Waals surface area contributed by atoms with Crippen molar-refractivity contribution in [2.24, 2.45) is 0 Å². The van der Waals surface area contributed by atoms with Gasteiger partial charge in [-0.05, 0) is 24.2 Å². The zero-order valence-electron chi connectivity index (χ0n) is 9.72. The van der Waals surface area contributed by atoms with Gasteiger partial charge >= 0.3 is 0 Å². The Kier molecular flexibility index (Phi) is 6.42. The highest BCUT2D eigenvalue weighted by Gasteiger charge is 2.07. The Bertz CT molecular complexity index is 360. The molecule has 0 unspecified atom stereocenters. The first kappa shape index (κ1) is 13.8. The smallest absolute Gasteiger partial charge is 0.251 e. The summed E-state index contributed by atoms with van der Waals surface area (Å²) in [6.45, 7) is 1.23. The summed E-state index contributed by atoms with van der Waals surface area (Å²) in [6, 6.07) is 5.12. The van der Waals surface area contributed by atoms with E-state index in [0.29, 0.717) is 18.2 Å². The minimum Gasteiger partial charge on any atom is -0.618 e. The van der Waals surface area contributed by atoms with E-state index in [9.17, 15) is 10.0 Å². The minimum absolute atomic E-state index is 0.0741. The molecule has 0 saturated carbocycles. The van der Waals surface area contributed by atoms with Gasteiger partial charge in [0, 0.05) is 32.4 Å². The van der Waals surface area contributed by atoms with Crippen LogP contribution < -0.4 is 10.0 Å². The average Bonchev–Trinajstić information content (AvgIpc) is 2.34. The van der Waals surface area contributed by atoms with E-state index in [1.807, 2.05) is 0 Å². The fourth-order valence-corrected chi connectivity index (χ4v) is 1.90. The number of aromatic nitrogens is 1. The van der Waals surface area contributed by atoms with Crippen molar-refractivity contribution in [1.29, 1.82) is 0 Å². The van der Waals surface area contributed by atoms with Crippen LogP contribution in [0, 0.1) is 5.21 Å². The van der Waals surface area contributed by atoms with Gasteiger partial charge in [0.2, 0.25) is 5.91 Å². The third-order valence-corrected chi connectivity index (χ3v) is 3.01. The molecule has 1 heterocycles. The normalized spacial score (nSPS) is 10.2. The van der Waals surface area contributed by atoms with Crippen molar-refractivity contribution in [3.8, 4) is 0 Å². The molecule has 1 aromatic heterocycles. The van der Waals surface area contributed by atoms with Gasteiger partial charge in [-0.1, -0.05) is 0 Å². The van der Waals surface area contributed by atoms with Gasteiger partial charge in [-0.3, -0.25) is 4.79 Å². The number of ether oxygens (including phenoxy) is 1. The van der Waals surface area contributed by atoms with E-state index in [-0.39, 0.29) is 11.7 Å². The Morgan fingerprint density at radius 1 is 1.59 bits per heavy atom. The quantitative estimate of drug-likeness (QED) is 0.335. The Hall–Kier alpha value is -1.27. The number of nitrogens with one attached hydrogen (secondary N) is 1. The van der Waals surface area contributed by atoms with Crippen LogP contribution in [-0.4, -0.2) is 31.9 Å². The number of carbonyl (C=O) groups is 1. The Morgan fingerprint density at radius 3 is 3.12 bits per heavy atom. The maximum atomic E-state index is 11.4.